The van der Waals surface area contributed by atoms with Crippen LogP contribution in [0.2, 0.25) is 5.02 Å². The van der Waals surface area contributed by atoms with E-state index in [1.807, 2.05) is 0 Å². The summed E-state index contributed by atoms with van der Waals surface area (Å²) in [6.45, 7) is 0. The Hall–Kier alpha value is -1.46. The number of halogens is 1. The van der Waals surface area contributed by atoms with Crippen molar-refractivity contribution >= 4 is 23.1 Å². The molecular weight excluding hydrogens is 198 g/mol. The number of carbonyl (C=O) groups excluding carboxylic acids is 1. The molecule has 0 aliphatic rings. The van der Waals surface area contributed by atoms with Gasteiger partial charge in [-0.2, -0.15) is 0 Å². The van der Waals surface area contributed by atoms with Crippen LogP contribution in [0.3, 0.4) is 0 Å². The molecule has 0 aromatic heterocycles. The summed E-state index contributed by atoms with van der Waals surface area (Å²) < 4.78 is 0. The van der Waals surface area contributed by atoms with Gasteiger partial charge in [0.2, 0.25) is 0 Å². The molecular formula is C11H10ClNO. The van der Waals surface area contributed by atoms with Crippen LogP contribution in [0, 0.1) is 12.3 Å². The molecule has 0 radical (unpaired) electrons. The second-order valence-corrected chi connectivity index (χ2v) is 3.30. The molecule has 0 saturated carbocycles. The summed E-state index contributed by atoms with van der Waals surface area (Å²) in [5.74, 6) is 2.37. The van der Waals surface area contributed by atoms with Crippen LogP contribution in [-0.2, 0) is 0 Å². The highest BCUT2D eigenvalue weighted by atomic mass is 35.5. The van der Waals surface area contributed by atoms with Crippen LogP contribution in [0.15, 0.2) is 18.2 Å². The second-order valence-electron chi connectivity index (χ2n) is 2.86. The van der Waals surface area contributed by atoms with Crippen molar-refractivity contribution in [3.05, 3.63) is 28.8 Å². The van der Waals surface area contributed by atoms with Crippen LogP contribution < -0.4 is 5.73 Å². The Morgan fingerprint density at radius 3 is 2.86 bits per heavy atom. The van der Waals surface area contributed by atoms with E-state index in [1.54, 1.807) is 18.2 Å². The third-order valence-electron chi connectivity index (χ3n) is 1.81. The molecule has 3 heteroatoms. The highest BCUT2D eigenvalue weighted by Crippen LogP contribution is 2.19. The largest absolute Gasteiger partial charge is 0.398 e. The van der Waals surface area contributed by atoms with Gasteiger partial charge in [-0.05, 0) is 18.2 Å². The predicted molar refractivity (Wildman–Crippen MR) is 58.3 cm³/mol. The molecule has 1 rings (SSSR count). The average molecular weight is 208 g/mol. The van der Waals surface area contributed by atoms with Crippen molar-refractivity contribution in [2.75, 3.05) is 5.73 Å². The van der Waals surface area contributed by atoms with E-state index in [0.717, 1.165) is 0 Å². The van der Waals surface area contributed by atoms with Gasteiger partial charge in [-0.15, -0.1) is 12.3 Å². The molecule has 14 heavy (non-hydrogen) atoms. The molecule has 0 fully saturated rings. The van der Waals surface area contributed by atoms with Crippen molar-refractivity contribution in [1.29, 1.82) is 0 Å². The van der Waals surface area contributed by atoms with Gasteiger partial charge in [-0.3, -0.25) is 4.79 Å². The van der Waals surface area contributed by atoms with Crippen LogP contribution in [0.1, 0.15) is 23.2 Å². The minimum atomic E-state index is -0.0443. The van der Waals surface area contributed by atoms with Crippen LogP contribution in [0.5, 0.6) is 0 Å². The Kier molecular flexibility index (Phi) is 3.55. The fourth-order valence-corrected chi connectivity index (χ4v) is 1.29. The molecule has 0 amide bonds. The summed E-state index contributed by atoms with van der Waals surface area (Å²) in [7, 11) is 0. The fourth-order valence-electron chi connectivity index (χ4n) is 1.11. The molecule has 0 aliphatic heterocycles. The summed E-state index contributed by atoms with van der Waals surface area (Å²) in [5, 5.41) is 0.524. The van der Waals surface area contributed by atoms with Gasteiger partial charge in [0.1, 0.15) is 0 Å². The first-order valence-corrected chi connectivity index (χ1v) is 4.54. The normalized spacial score (nSPS) is 9.43. The molecule has 0 saturated heterocycles. The molecule has 0 heterocycles. The number of anilines is 1. The van der Waals surface area contributed by atoms with E-state index >= 15 is 0 Å². The van der Waals surface area contributed by atoms with E-state index in [9.17, 15) is 4.79 Å². The van der Waals surface area contributed by atoms with E-state index < -0.39 is 0 Å². The third kappa shape index (κ3) is 2.51. The molecule has 1 aromatic rings. The highest BCUT2D eigenvalue weighted by molar-refractivity contribution is 6.31. The number of ketones is 1. The molecule has 72 valence electrons. The van der Waals surface area contributed by atoms with Crippen LogP contribution in [0.4, 0.5) is 5.69 Å². The smallest absolute Gasteiger partial charge is 0.165 e. The summed E-state index contributed by atoms with van der Waals surface area (Å²) in [5.41, 5.74) is 6.53. The lowest BCUT2D eigenvalue weighted by molar-refractivity contribution is 0.0985. The Morgan fingerprint density at radius 2 is 2.29 bits per heavy atom. The zero-order valence-corrected chi connectivity index (χ0v) is 8.34. The number of carbonyl (C=O) groups is 1. The summed E-state index contributed by atoms with van der Waals surface area (Å²) in [4.78, 5) is 11.5. The maximum absolute atomic E-state index is 11.5. The Balaban J connectivity index is 2.86. The van der Waals surface area contributed by atoms with Crippen LogP contribution >= 0.6 is 11.6 Å². The van der Waals surface area contributed by atoms with Gasteiger partial charge < -0.3 is 5.73 Å². The van der Waals surface area contributed by atoms with Gasteiger partial charge in [-0.1, -0.05) is 11.6 Å². The van der Waals surface area contributed by atoms with Crippen LogP contribution in [-0.4, -0.2) is 5.78 Å². The second kappa shape index (κ2) is 4.69. The van der Waals surface area contributed by atoms with Gasteiger partial charge in [0.05, 0.1) is 0 Å². The first-order valence-electron chi connectivity index (χ1n) is 4.17. The average Bonchev–Trinajstić information content (AvgIpc) is 2.14. The quantitative estimate of drug-likeness (QED) is 0.470. The SMILES string of the molecule is C#CCCC(=O)c1ccc(Cl)cc1N. The van der Waals surface area contributed by atoms with E-state index in [2.05, 4.69) is 5.92 Å². The lowest BCUT2D eigenvalue weighted by Gasteiger charge is -2.03. The summed E-state index contributed by atoms with van der Waals surface area (Å²) in [6.07, 6.45) is 5.82. The first-order chi connectivity index (χ1) is 6.65. The van der Waals surface area contributed by atoms with E-state index in [0.29, 0.717) is 29.1 Å². The van der Waals surface area contributed by atoms with Gasteiger partial charge in [0.15, 0.2) is 5.78 Å². The molecule has 2 N–H and O–H groups in total. The van der Waals surface area contributed by atoms with E-state index in [-0.39, 0.29) is 5.78 Å². The van der Waals surface area contributed by atoms with Crippen molar-refractivity contribution in [1.82, 2.24) is 0 Å². The zero-order chi connectivity index (χ0) is 10.6. The summed E-state index contributed by atoms with van der Waals surface area (Å²) in [6, 6.07) is 4.82. The molecule has 0 spiro atoms. The maximum Gasteiger partial charge on any atom is 0.165 e. The lowest BCUT2D eigenvalue weighted by atomic mass is 10.1. The fraction of sp³-hybridized carbons (Fsp3) is 0.182. The molecule has 1 aromatic carbocycles. The molecule has 0 bridgehead atoms. The Labute approximate surface area is 88.1 Å². The van der Waals surface area contributed by atoms with Gasteiger partial charge in [0.25, 0.3) is 0 Å². The van der Waals surface area contributed by atoms with Gasteiger partial charge >= 0.3 is 0 Å². The summed E-state index contributed by atoms with van der Waals surface area (Å²) >= 11 is 5.70. The Morgan fingerprint density at radius 1 is 1.57 bits per heavy atom. The van der Waals surface area contributed by atoms with Crippen molar-refractivity contribution in [3.63, 3.8) is 0 Å². The minimum absolute atomic E-state index is 0.0443. The zero-order valence-electron chi connectivity index (χ0n) is 7.59. The number of benzene rings is 1. The Bertz CT molecular complexity index is 393. The number of rotatable bonds is 3. The lowest BCUT2D eigenvalue weighted by Crippen LogP contribution is -2.03. The minimum Gasteiger partial charge on any atom is -0.398 e. The standard InChI is InChI=1S/C11H10ClNO/c1-2-3-4-11(14)9-6-5-8(12)7-10(9)13/h1,5-7H,3-4,13H2. The predicted octanol–water partition coefficient (Wildman–Crippen LogP) is 2.52. The topological polar surface area (TPSA) is 43.1 Å². The van der Waals surface area contributed by atoms with Crippen molar-refractivity contribution in [3.8, 4) is 12.3 Å². The van der Waals surface area contributed by atoms with E-state index in [1.165, 1.54) is 0 Å². The number of nitrogen functional groups attached to an aromatic ring is 1. The number of nitrogens with two attached hydrogens (primary N) is 1. The van der Waals surface area contributed by atoms with Crippen molar-refractivity contribution < 1.29 is 4.79 Å². The number of hydrogen-bond donors (Lipinski definition) is 1. The maximum atomic E-state index is 11.5. The van der Waals surface area contributed by atoms with Crippen LogP contribution in [0.25, 0.3) is 0 Å². The molecule has 2 nitrogen and oxygen atoms in total. The van der Waals surface area contributed by atoms with Gasteiger partial charge in [-0.25, -0.2) is 0 Å². The van der Waals surface area contributed by atoms with Crippen molar-refractivity contribution in [2.45, 2.75) is 12.8 Å². The number of hydrogen-bond acceptors (Lipinski definition) is 2. The monoisotopic (exact) mass is 207 g/mol. The molecule has 0 atom stereocenters. The first kappa shape index (κ1) is 10.6. The van der Waals surface area contributed by atoms with E-state index in [4.69, 9.17) is 23.8 Å². The van der Waals surface area contributed by atoms with Gasteiger partial charge in [0, 0.05) is 29.1 Å². The molecule has 0 aliphatic carbocycles. The highest BCUT2D eigenvalue weighted by Gasteiger charge is 2.08. The number of terminal acetylenes is 1. The number of Topliss-reactive ketones (excluding diaryl/α,β-unsaturated/α-hetero) is 1. The van der Waals surface area contributed by atoms with Crippen molar-refractivity contribution in [2.24, 2.45) is 0 Å². The third-order valence-corrected chi connectivity index (χ3v) is 2.05. The molecule has 0 unspecified atom stereocenters.